The zero-order valence-corrected chi connectivity index (χ0v) is 26.0. The Morgan fingerprint density at radius 1 is 1.16 bits per heavy atom. The molecule has 2 atom stereocenters. The first-order valence-electron chi connectivity index (χ1n) is 15.5. The van der Waals surface area contributed by atoms with Crippen LogP contribution in [-0.4, -0.2) is 65.1 Å². The van der Waals surface area contributed by atoms with E-state index in [-0.39, 0.29) is 23.9 Å². The van der Waals surface area contributed by atoms with Crippen LogP contribution in [0.25, 0.3) is 0 Å². The Morgan fingerprint density at radius 2 is 1.89 bits per heavy atom. The molecule has 238 valence electrons. The summed E-state index contributed by atoms with van der Waals surface area (Å²) in [6.07, 6.45) is 8.47. The first kappa shape index (κ1) is 31.7. The number of rotatable bonds is 12. The molecule has 1 aromatic heterocycles. The summed E-state index contributed by atoms with van der Waals surface area (Å²) < 4.78 is 5.62. The van der Waals surface area contributed by atoms with Crippen molar-refractivity contribution in [3.05, 3.63) is 59.8 Å². The predicted molar refractivity (Wildman–Crippen MR) is 173 cm³/mol. The Hall–Kier alpha value is -4.71. The summed E-state index contributed by atoms with van der Waals surface area (Å²) in [5.74, 6) is 0.336. The Kier molecular flexibility index (Phi) is 9.82. The number of anilines is 5. The lowest BCUT2D eigenvalue weighted by Crippen LogP contribution is -2.55. The molecule has 3 aromatic rings. The van der Waals surface area contributed by atoms with Crippen molar-refractivity contribution in [2.45, 2.75) is 76.4 Å². The number of methoxy groups -OCH3 is 1. The number of likely N-dealkylation sites (N-methyl/N-ethyl adjacent to an activating group) is 1. The normalized spacial score (nSPS) is 17.2. The third-order valence-electron chi connectivity index (χ3n) is 8.63. The van der Waals surface area contributed by atoms with Crippen molar-refractivity contribution in [1.29, 1.82) is 0 Å². The van der Waals surface area contributed by atoms with E-state index >= 15 is 0 Å². The molecule has 1 aliphatic heterocycles. The maximum atomic E-state index is 13.2. The number of hydrogen-bond acceptors (Lipinski definition) is 9. The maximum absolute atomic E-state index is 13.2. The lowest BCUT2D eigenvalue weighted by Gasteiger charge is -2.43. The molecule has 2 amide bonds. The molecule has 5 N–H and O–H groups in total. The van der Waals surface area contributed by atoms with Crippen molar-refractivity contribution in [2.75, 3.05) is 34.6 Å². The fourth-order valence-corrected chi connectivity index (χ4v) is 6.11. The number of carbonyl (C=O) groups is 3. The highest BCUT2D eigenvalue weighted by atomic mass is 16.5. The first-order chi connectivity index (χ1) is 21.7. The van der Waals surface area contributed by atoms with Gasteiger partial charge in [0.25, 0.3) is 5.91 Å². The van der Waals surface area contributed by atoms with Crippen LogP contribution in [0.5, 0.6) is 5.75 Å². The topological polar surface area (TPSA) is 163 Å². The van der Waals surface area contributed by atoms with Gasteiger partial charge in [0, 0.05) is 24.3 Å². The van der Waals surface area contributed by atoms with E-state index in [1.165, 1.54) is 7.11 Å². The summed E-state index contributed by atoms with van der Waals surface area (Å²) in [6, 6.07) is 11.7. The SMILES string of the molecule is CC[C@@H]1C(=O)N(C)c2cnc(Nc3ccc(C(=O)Nc4ccc(CCC[C@H](N)C(=O)O)cc4)cc3OC)nc2N1C1CCCC1. The number of carboxylic acid groups (broad SMARTS) is 1. The van der Waals surface area contributed by atoms with Gasteiger partial charge in [-0.2, -0.15) is 4.98 Å². The minimum Gasteiger partial charge on any atom is -0.495 e. The molecular weight excluding hydrogens is 574 g/mol. The molecule has 12 heteroatoms. The molecule has 0 unspecified atom stereocenters. The van der Waals surface area contributed by atoms with Crippen molar-refractivity contribution in [3.63, 3.8) is 0 Å². The standard InChI is InChI=1S/C33H41N7O5/c1-4-26-31(42)39(2)27-19-35-33(38-29(27)40(26)23-9-5-6-10-23)37-25-17-14-21(18-28(25)45-3)30(41)36-22-15-12-20(13-16-22)8-7-11-24(34)32(43)44/h12-19,23-24,26H,4-11,34H2,1-3H3,(H,36,41)(H,43,44)(H,35,37,38)/t24-,26+/m0/s1. The van der Waals surface area contributed by atoms with Gasteiger partial charge < -0.3 is 36.0 Å². The zero-order valence-electron chi connectivity index (χ0n) is 26.0. The summed E-state index contributed by atoms with van der Waals surface area (Å²) in [5.41, 5.74) is 8.94. The monoisotopic (exact) mass is 615 g/mol. The van der Waals surface area contributed by atoms with Crippen molar-refractivity contribution in [1.82, 2.24) is 9.97 Å². The summed E-state index contributed by atoms with van der Waals surface area (Å²) >= 11 is 0. The van der Waals surface area contributed by atoms with E-state index in [1.807, 2.05) is 31.2 Å². The van der Waals surface area contributed by atoms with Crippen LogP contribution < -0.4 is 30.9 Å². The lowest BCUT2D eigenvalue weighted by atomic mass is 10.0. The van der Waals surface area contributed by atoms with Gasteiger partial charge in [0.1, 0.15) is 23.5 Å². The number of nitrogens with zero attached hydrogens (tertiary/aromatic N) is 4. The molecule has 12 nitrogen and oxygen atoms in total. The summed E-state index contributed by atoms with van der Waals surface area (Å²) in [5, 5.41) is 15.1. The summed E-state index contributed by atoms with van der Waals surface area (Å²) in [6.45, 7) is 2.03. The second kappa shape index (κ2) is 13.9. The Balaban J connectivity index is 1.28. The highest BCUT2D eigenvalue weighted by Gasteiger charge is 2.41. The van der Waals surface area contributed by atoms with E-state index in [4.69, 9.17) is 20.6 Å². The molecule has 45 heavy (non-hydrogen) atoms. The first-order valence-corrected chi connectivity index (χ1v) is 15.5. The number of benzene rings is 2. The number of aliphatic carboxylic acids is 1. The van der Waals surface area contributed by atoms with Gasteiger partial charge in [-0.15, -0.1) is 0 Å². The van der Waals surface area contributed by atoms with Crippen molar-refractivity contribution in [2.24, 2.45) is 5.73 Å². The van der Waals surface area contributed by atoms with Crippen LogP contribution in [-0.2, 0) is 16.0 Å². The number of hydrogen-bond donors (Lipinski definition) is 4. The Labute approximate surface area is 263 Å². The van der Waals surface area contributed by atoms with Crippen molar-refractivity contribution >= 4 is 46.6 Å². The number of nitrogens with one attached hydrogen (secondary N) is 2. The molecule has 0 spiro atoms. The van der Waals surface area contributed by atoms with E-state index in [2.05, 4.69) is 20.5 Å². The van der Waals surface area contributed by atoms with Gasteiger partial charge in [0.05, 0.1) is 19.0 Å². The van der Waals surface area contributed by atoms with Crippen LogP contribution in [0.15, 0.2) is 48.7 Å². The van der Waals surface area contributed by atoms with Crippen LogP contribution in [0.3, 0.4) is 0 Å². The highest BCUT2D eigenvalue weighted by Crippen LogP contribution is 2.40. The van der Waals surface area contributed by atoms with Crippen LogP contribution in [0.4, 0.5) is 28.8 Å². The van der Waals surface area contributed by atoms with E-state index in [9.17, 15) is 14.4 Å². The minimum absolute atomic E-state index is 0.0610. The van der Waals surface area contributed by atoms with E-state index in [1.54, 1.807) is 36.3 Å². The number of carbonyl (C=O) groups excluding carboxylic acids is 2. The van der Waals surface area contributed by atoms with E-state index in [0.29, 0.717) is 60.0 Å². The smallest absolute Gasteiger partial charge is 0.320 e. The molecule has 2 heterocycles. The maximum Gasteiger partial charge on any atom is 0.320 e. The molecule has 0 saturated heterocycles. The Morgan fingerprint density at radius 3 is 2.56 bits per heavy atom. The lowest BCUT2D eigenvalue weighted by molar-refractivity contribution is -0.138. The predicted octanol–water partition coefficient (Wildman–Crippen LogP) is 4.72. The molecule has 0 radical (unpaired) electrons. The quantitative estimate of drug-likeness (QED) is 0.224. The fraction of sp³-hybridized carbons (Fsp3) is 0.424. The third kappa shape index (κ3) is 7.01. The van der Waals surface area contributed by atoms with E-state index < -0.39 is 12.0 Å². The summed E-state index contributed by atoms with van der Waals surface area (Å²) in [4.78, 5) is 50.4. The van der Waals surface area contributed by atoms with Gasteiger partial charge in [-0.05, 0) is 74.4 Å². The van der Waals surface area contributed by atoms with E-state index in [0.717, 1.165) is 37.1 Å². The molecule has 2 aliphatic rings. The van der Waals surface area contributed by atoms with Gasteiger partial charge in [-0.1, -0.05) is 31.9 Å². The van der Waals surface area contributed by atoms with Gasteiger partial charge in [0.15, 0.2) is 5.82 Å². The van der Waals surface area contributed by atoms with Gasteiger partial charge in [-0.3, -0.25) is 14.4 Å². The minimum atomic E-state index is -0.997. The van der Waals surface area contributed by atoms with Crippen LogP contribution in [0.1, 0.15) is 67.8 Å². The molecule has 2 aromatic carbocycles. The number of aromatic nitrogens is 2. The second-order valence-electron chi connectivity index (χ2n) is 11.6. The molecule has 0 bridgehead atoms. The van der Waals surface area contributed by atoms with Gasteiger partial charge in [-0.25, -0.2) is 4.98 Å². The third-order valence-corrected chi connectivity index (χ3v) is 8.63. The second-order valence-corrected chi connectivity index (χ2v) is 11.6. The largest absolute Gasteiger partial charge is 0.495 e. The average Bonchev–Trinajstić information content (AvgIpc) is 3.58. The van der Waals surface area contributed by atoms with Gasteiger partial charge >= 0.3 is 5.97 Å². The zero-order chi connectivity index (χ0) is 32.1. The number of nitrogens with two attached hydrogens (primary N) is 1. The molecular formula is C33H41N7O5. The Bertz CT molecular complexity index is 1540. The number of fused-ring (bicyclic) bond motifs is 1. The van der Waals surface area contributed by atoms with Crippen molar-refractivity contribution < 1.29 is 24.2 Å². The molecule has 5 rings (SSSR count). The average molecular weight is 616 g/mol. The highest BCUT2D eigenvalue weighted by molar-refractivity contribution is 6.05. The van der Waals surface area contributed by atoms with Crippen LogP contribution in [0, 0.1) is 0 Å². The fourth-order valence-electron chi connectivity index (χ4n) is 6.11. The molecule has 1 aliphatic carbocycles. The van der Waals surface area contributed by atoms with Crippen LogP contribution >= 0.6 is 0 Å². The number of carboxylic acids is 1. The molecule has 1 fully saturated rings. The van der Waals surface area contributed by atoms with Gasteiger partial charge in [0.2, 0.25) is 11.9 Å². The van der Waals surface area contributed by atoms with Crippen molar-refractivity contribution in [3.8, 4) is 5.75 Å². The number of amides is 2. The molecule has 1 saturated carbocycles. The number of aryl methyl sites for hydroxylation is 1. The summed E-state index contributed by atoms with van der Waals surface area (Å²) in [7, 11) is 3.31. The number of ether oxygens (including phenoxy) is 1. The van der Waals surface area contributed by atoms with Crippen LogP contribution in [0.2, 0.25) is 0 Å².